The van der Waals surface area contributed by atoms with Crippen LogP contribution >= 0.6 is 11.6 Å². The first-order valence-corrected chi connectivity index (χ1v) is 9.12. The quantitative estimate of drug-likeness (QED) is 0.836. The van der Waals surface area contributed by atoms with Crippen LogP contribution in [-0.4, -0.2) is 57.1 Å². The first kappa shape index (κ1) is 18.5. The number of rotatable bonds is 6. The molecule has 2 fully saturated rings. The molecule has 1 atom stereocenters. The highest BCUT2D eigenvalue weighted by Crippen LogP contribution is 2.28. The van der Waals surface area contributed by atoms with Gasteiger partial charge in [-0.05, 0) is 37.6 Å². The summed E-state index contributed by atoms with van der Waals surface area (Å²) in [6.45, 7) is 4.02. The maximum absolute atomic E-state index is 12.3. The normalized spacial score (nSPS) is 22.1. The first-order valence-electron chi connectivity index (χ1n) is 8.74. The van der Waals surface area contributed by atoms with Crippen LogP contribution in [0.15, 0.2) is 18.2 Å². The van der Waals surface area contributed by atoms with E-state index in [4.69, 9.17) is 25.8 Å². The molecule has 1 unspecified atom stereocenters. The van der Waals surface area contributed by atoms with Gasteiger partial charge in [0.25, 0.3) is 0 Å². The molecule has 3 rings (SSSR count). The lowest BCUT2D eigenvalue weighted by Crippen LogP contribution is -2.41. The molecule has 2 aliphatic heterocycles. The monoisotopic (exact) mass is 368 g/mol. The molecule has 1 aromatic carbocycles. The molecule has 25 heavy (non-hydrogen) atoms. The summed E-state index contributed by atoms with van der Waals surface area (Å²) in [7, 11) is 1.57. The van der Waals surface area contributed by atoms with E-state index in [0.717, 1.165) is 32.5 Å². The number of methoxy groups -OCH3 is 1. The summed E-state index contributed by atoms with van der Waals surface area (Å²) >= 11 is 6.00. The molecule has 2 aliphatic rings. The molecule has 138 valence electrons. The molecule has 0 aromatic heterocycles. The highest BCUT2D eigenvalue weighted by Gasteiger charge is 2.31. The van der Waals surface area contributed by atoms with Crippen LogP contribution in [0.3, 0.4) is 0 Å². The largest absolute Gasteiger partial charge is 0.495 e. The van der Waals surface area contributed by atoms with E-state index in [0.29, 0.717) is 42.0 Å². The fourth-order valence-electron chi connectivity index (χ4n) is 3.42. The molecule has 7 heteroatoms. The van der Waals surface area contributed by atoms with Crippen LogP contribution in [0.25, 0.3) is 0 Å². The molecule has 1 amide bonds. The van der Waals surface area contributed by atoms with E-state index < -0.39 is 0 Å². The molecule has 0 radical (unpaired) electrons. The second-order valence-corrected chi connectivity index (χ2v) is 6.89. The number of hydrogen-bond acceptors (Lipinski definition) is 5. The Labute approximate surface area is 153 Å². The highest BCUT2D eigenvalue weighted by atomic mass is 35.5. The van der Waals surface area contributed by atoms with Crippen molar-refractivity contribution in [2.24, 2.45) is 5.92 Å². The summed E-state index contributed by atoms with van der Waals surface area (Å²) in [5.74, 6) is 0.953. The molecule has 1 N–H and O–H groups in total. The van der Waals surface area contributed by atoms with Crippen LogP contribution in [0.1, 0.15) is 19.3 Å². The van der Waals surface area contributed by atoms with Gasteiger partial charge in [0.2, 0.25) is 5.91 Å². The SMILES string of the molecule is COc1ccc(Cl)cc1NC(=O)CCN1CCCC(C2OCCO2)C1. The lowest BCUT2D eigenvalue weighted by atomic mass is 9.97. The van der Waals surface area contributed by atoms with Gasteiger partial charge in [-0.1, -0.05) is 11.6 Å². The maximum Gasteiger partial charge on any atom is 0.225 e. The third-order valence-electron chi connectivity index (χ3n) is 4.67. The Kier molecular flexibility index (Phi) is 6.53. The number of likely N-dealkylation sites (tertiary alicyclic amines) is 1. The molecule has 0 bridgehead atoms. The lowest BCUT2D eigenvalue weighted by Gasteiger charge is -2.34. The van der Waals surface area contributed by atoms with Gasteiger partial charge in [-0.3, -0.25) is 4.79 Å². The Morgan fingerprint density at radius 3 is 2.96 bits per heavy atom. The second-order valence-electron chi connectivity index (χ2n) is 6.46. The number of halogens is 1. The Hall–Kier alpha value is -1.34. The number of piperidine rings is 1. The molecule has 0 saturated carbocycles. The Morgan fingerprint density at radius 2 is 2.20 bits per heavy atom. The van der Waals surface area contributed by atoms with Gasteiger partial charge in [-0.15, -0.1) is 0 Å². The fourth-order valence-corrected chi connectivity index (χ4v) is 3.59. The topological polar surface area (TPSA) is 60.0 Å². The van der Waals surface area contributed by atoms with Crippen molar-refractivity contribution in [2.75, 3.05) is 45.3 Å². The van der Waals surface area contributed by atoms with Crippen LogP contribution < -0.4 is 10.1 Å². The molecule has 1 aromatic rings. The van der Waals surface area contributed by atoms with Crippen LogP contribution in [0.5, 0.6) is 5.75 Å². The Balaban J connectivity index is 1.48. The minimum Gasteiger partial charge on any atom is -0.495 e. The molecule has 2 heterocycles. The van der Waals surface area contributed by atoms with E-state index in [9.17, 15) is 4.79 Å². The summed E-state index contributed by atoms with van der Waals surface area (Å²) in [5.41, 5.74) is 0.601. The molecule has 2 saturated heterocycles. The summed E-state index contributed by atoms with van der Waals surface area (Å²) in [6, 6.07) is 5.18. The zero-order valence-corrected chi connectivity index (χ0v) is 15.3. The minimum absolute atomic E-state index is 0.0453. The highest BCUT2D eigenvalue weighted by molar-refractivity contribution is 6.31. The van der Waals surface area contributed by atoms with Crippen molar-refractivity contribution in [3.05, 3.63) is 23.2 Å². The van der Waals surface area contributed by atoms with Crippen LogP contribution in [-0.2, 0) is 14.3 Å². The van der Waals surface area contributed by atoms with Crippen LogP contribution in [0.4, 0.5) is 5.69 Å². The molecule has 0 aliphatic carbocycles. The number of benzene rings is 1. The number of nitrogens with zero attached hydrogens (tertiary/aromatic N) is 1. The smallest absolute Gasteiger partial charge is 0.225 e. The third kappa shape index (κ3) is 5.07. The molecule has 0 spiro atoms. The minimum atomic E-state index is -0.0765. The van der Waals surface area contributed by atoms with Gasteiger partial charge in [0.1, 0.15) is 5.75 Å². The average molecular weight is 369 g/mol. The molecular weight excluding hydrogens is 344 g/mol. The van der Waals surface area contributed by atoms with Crippen molar-refractivity contribution < 1.29 is 19.0 Å². The van der Waals surface area contributed by atoms with Gasteiger partial charge >= 0.3 is 0 Å². The van der Waals surface area contributed by atoms with Gasteiger partial charge in [0, 0.05) is 30.5 Å². The number of carbonyl (C=O) groups is 1. The summed E-state index contributed by atoms with van der Waals surface area (Å²) in [4.78, 5) is 14.6. The number of hydrogen-bond donors (Lipinski definition) is 1. The van der Waals surface area contributed by atoms with E-state index in [2.05, 4.69) is 10.2 Å². The predicted molar refractivity (Wildman–Crippen MR) is 96.1 cm³/mol. The molecule has 6 nitrogen and oxygen atoms in total. The van der Waals surface area contributed by atoms with Gasteiger partial charge in [-0.2, -0.15) is 0 Å². The van der Waals surface area contributed by atoms with E-state index in [1.165, 1.54) is 0 Å². The zero-order chi connectivity index (χ0) is 17.6. The van der Waals surface area contributed by atoms with E-state index in [-0.39, 0.29) is 12.2 Å². The van der Waals surface area contributed by atoms with Crippen molar-refractivity contribution in [3.8, 4) is 5.75 Å². The van der Waals surface area contributed by atoms with Crippen LogP contribution in [0.2, 0.25) is 5.02 Å². The van der Waals surface area contributed by atoms with Gasteiger partial charge < -0.3 is 24.4 Å². The van der Waals surface area contributed by atoms with E-state index >= 15 is 0 Å². The number of anilines is 1. The van der Waals surface area contributed by atoms with Gasteiger partial charge in [0.15, 0.2) is 6.29 Å². The van der Waals surface area contributed by atoms with Crippen molar-refractivity contribution in [3.63, 3.8) is 0 Å². The number of amides is 1. The van der Waals surface area contributed by atoms with E-state index in [1.807, 2.05) is 0 Å². The average Bonchev–Trinajstić information content (AvgIpc) is 3.15. The fraction of sp³-hybridized carbons (Fsp3) is 0.611. The lowest BCUT2D eigenvalue weighted by molar-refractivity contribution is -0.117. The third-order valence-corrected chi connectivity index (χ3v) is 4.90. The van der Waals surface area contributed by atoms with E-state index in [1.54, 1.807) is 25.3 Å². The van der Waals surface area contributed by atoms with Crippen molar-refractivity contribution in [2.45, 2.75) is 25.6 Å². The molecular formula is C18H25ClN2O4. The zero-order valence-electron chi connectivity index (χ0n) is 14.5. The number of nitrogens with one attached hydrogen (secondary N) is 1. The maximum atomic E-state index is 12.3. The summed E-state index contributed by atoms with van der Waals surface area (Å²) in [6.07, 6.45) is 2.58. The standard InChI is InChI=1S/C18H25ClN2O4/c1-23-16-5-4-14(19)11-15(16)20-17(22)6-8-21-7-2-3-13(12-21)18-24-9-10-25-18/h4-5,11,13,18H,2-3,6-10,12H2,1H3,(H,20,22). The predicted octanol–water partition coefficient (Wildman–Crippen LogP) is 2.76. The first-order chi connectivity index (χ1) is 12.2. The van der Waals surface area contributed by atoms with Gasteiger partial charge in [0.05, 0.1) is 26.0 Å². The van der Waals surface area contributed by atoms with Crippen molar-refractivity contribution >= 4 is 23.2 Å². The Bertz CT molecular complexity index is 592. The van der Waals surface area contributed by atoms with Gasteiger partial charge in [-0.25, -0.2) is 0 Å². The van der Waals surface area contributed by atoms with Crippen molar-refractivity contribution in [1.82, 2.24) is 4.90 Å². The number of ether oxygens (including phenoxy) is 3. The Morgan fingerprint density at radius 1 is 1.40 bits per heavy atom. The van der Waals surface area contributed by atoms with Crippen molar-refractivity contribution in [1.29, 1.82) is 0 Å². The second kappa shape index (κ2) is 8.85. The number of carbonyl (C=O) groups excluding carboxylic acids is 1. The summed E-state index contributed by atoms with van der Waals surface area (Å²) < 4.78 is 16.5. The van der Waals surface area contributed by atoms with Crippen LogP contribution in [0, 0.1) is 5.92 Å². The summed E-state index contributed by atoms with van der Waals surface area (Å²) in [5, 5.41) is 3.45.